The van der Waals surface area contributed by atoms with Crippen LogP contribution in [-0.2, 0) is 10.2 Å². The summed E-state index contributed by atoms with van der Waals surface area (Å²) in [6.07, 6.45) is 0.742. The number of carbonyl (C=O) groups excluding carboxylic acids is 1. The second-order valence-electron chi connectivity index (χ2n) is 4.22. The summed E-state index contributed by atoms with van der Waals surface area (Å²) in [5.74, 6) is -0.293. The van der Waals surface area contributed by atoms with Crippen molar-refractivity contribution < 1.29 is 9.18 Å². The van der Waals surface area contributed by atoms with Gasteiger partial charge in [0.1, 0.15) is 5.82 Å². The first kappa shape index (κ1) is 8.85. The Labute approximate surface area is 86.5 Å². The Morgan fingerprint density at radius 1 is 1.60 bits per heavy atom. The van der Waals surface area contributed by atoms with Crippen LogP contribution in [0.15, 0.2) is 18.2 Å². The third kappa shape index (κ3) is 0.899. The second-order valence-corrected chi connectivity index (χ2v) is 4.22. The molecule has 2 atom stereocenters. The molecule has 1 saturated carbocycles. The molecule has 0 aromatic heterocycles. The number of fused-ring (bicyclic) bond motifs is 2. The van der Waals surface area contributed by atoms with E-state index in [2.05, 4.69) is 5.32 Å². The summed E-state index contributed by atoms with van der Waals surface area (Å²) in [7, 11) is 0. The lowest BCUT2D eigenvalue weighted by atomic mass is 9.95. The van der Waals surface area contributed by atoms with E-state index in [1.807, 2.05) is 6.07 Å². The number of rotatable bonds is 1. The molecule has 1 aliphatic heterocycles. The number of nitrogens with one attached hydrogen (secondary N) is 1. The molecule has 4 heteroatoms. The van der Waals surface area contributed by atoms with Gasteiger partial charge < -0.3 is 11.1 Å². The van der Waals surface area contributed by atoms with Crippen molar-refractivity contribution in [1.29, 1.82) is 0 Å². The zero-order valence-corrected chi connectivity index (χ0v) is 8.09. The third-order valence-corrected chi connectivity index (χ3v) is 3.53. The summed E-state index contributed by atoms with van der Waals surface area (Å²) in [6, 6.07) is 4.81. The van der Waals surface area contributed by atoms with Crippen LogP contribution < -0.4 is 11.1 Å². The lowest BCUT2D eigenvalue weighted by Gasteiger charge is -2.06. The third-order valence-electron chi connectivity index (χ3n) is 3.53. The van der Waals surface area contributed by atoms with Crippen LogP contribution in [0.1, 0.15) is 12.0 Å². The molecular formula is C11H11FN2O. The Morgan fingerprint density at radius 3 is 3.07 bits per heavy atom. The smallest absolute Gasteiger partial charge is 0.235 e. The molecule has 3 nitrogen and oxygen atoms in total. The largest absolute Gasteiger partial charge is 0.330 e. The number of hydrogen-bond acceptors (Lipinski definition) is 2. The number of para-hydroxylation sites is 1. The van der Waals surface area contributed by atoms with Crippen molar-refractivity contribution in [2.45, 2.75) is 11.8 Å². The van der Waals surface area contributed by atoms with Crippen LogP contribution in [0.4, 0.5) is 10.1 Å². The molecule has 2 unspecified atom stereocenters. The molecule has 0 bridgehead atoms. The number of halogens is 1. The van der Waals surface area contributed by atoms with Gasteiger partial charge in [-0.05, 0) is 30.5 Å². The quantitative estimate of drug-likeness (QED) is 0.720. The molecule has 0 saturated heterocycles. The van der Waals surface area contributed by atoms with Crippen LogP contribution in [0.3, 0.4) is 0 Å². The number of carbonyl (C=O) groups is 1. The van der Waals surface area contributed by atoms with Crippen LogP contribution in [0, 0.1) is 11.7 Å². The predicted octanol–water partition coefficient (Wildman–Crippen LogP) is 0.994. The maximum atomic E-state index is 13.4. The summed E-state index contributed by atoms with van der Waals surface area (Å²) in [6.45, 7) is 0.476. The standard InChI is InChI=1S/C11H11FN2O/c12-8-3-1-2-7-9(8)14-10(15)11(7)4-6(11)5-13/h1-3,6H,4-5,13H2,(H,14,15). The number of nitrogens with two attached hydrogens (primary N) is 1. The van der Waals surface area contributed by atoms with Crippen molar-refractivity contribution in [3.8, 4) is 0 Å². The van der Waals surface area contributed by atoms with E-state index in [4.69, 9.17) is 5.73 Å². The molecule has 1 heterocycles. The van der Waals surface area contributed by atoms with Gasteiger partial charge in [0.15, 0.2) is 0 Å². The molecule has 2 aliphatic rings. The van der Waals surface area contributed by atoms with E-state index in [0.717, 1.165) is 12.0 Å². The summed E-state index contributed by atoms with van der Waals surface area (Å²) in [4.78, 5) is 11.8. The average Bonchev–Trinajstić information content (AvgIpc) is 2.89. The lowest BCUT2D eigenvalue weighted by molar-refractivity contribution is -0.118. The van der Waals surface area contributed by atoms with Crippen LogP contribution in [0.25, 0.3) is 0 Å². The van der Waals surface area contributed by atoms with Crippen LogP contribution in [-0.4, -0.2) is 12.5 Å². The van der Waals surface area contributed by atoms with Crippen LogP contribution >= 0.6 is 0 Å². The zero-order chi connectivity index (χ0) is 10.6. The highest BCUT2D eigenvalue weighted by Crippen LogP contribution is 2.59. The van der Waals surface area contributed by atoms with E-state index in [0.29, 0.717) is 12.2 Å². The van der Waals surface area contributed by atoms with Gasteiger partial charge in [0.25, 0.3) is 0 Å². The summed E-state index contributed by atoms with van der Waals surface area (Å²) >= 11 is 0. The minimum absolute atomic E-state index is 0.0990. The topological polar surface area (TPSA) is 55.1 Å². The van der Waals surface area contributed by atoms with Crippen molar-refractivity contribution in [2.24, 2.45) is 11.7 Å². The van der Waals surface area contributed by atoms with E-state index in [1.54, 1.807) is 6.07 Å². The number of hydrogen-bond donors (Lipinski definition) is 2. The zero-order valence-electron chi connectivity index (χ0n) is 8.09. The monoisotopic (exact) mass is 206 g/mol. The van der Waals surface area contributed by atoms with Gasteiger partial charge in [0, 0.05) is 0 Å². The van der Waals surface area contributed by atoms with E-state index >= 15 is 0 Å². The fourth-order valence-corrected chi connectivity index (χ4v) is 2.59. The average molecular weight is 206 g/mol. The first-order valence-electron chi connectivity index (χ1n) is 5.00. The van der Waals surface area contributed by atoms with Crippen molar-refractivity contribution in [3.05, 3.63) is 29.6 Å². The van der Waals surface area contributed by atoms with Crippen molar-refractivity contribution in [1.82, 2.24) is 0 Å². The molecule has 0 radical (unpaired) electrons. The van der Waals surface area contributed by atoms with E-state index in [-0.39, 0.29) is 17.6 Å². The Bertz CT molecular complexity index is 460. The highest BCUT2D eigenvalue weighted by molar-refractivity contribution is 6.09. The fraction of sp³-hybridized carbons (Fsp3) is 0.364. The van der Waals surface area contributed by atoms with Gasteiger partial charge in [-0.3, -0.25) is 4.79 Å². The van der Waals surface area contributed by atoms with Gasteiger partial charge >= 0.3 is 0 Å². The normalized spacial score (nSPS) is 31.6. The minimum Gasteiger partial charge on any atom is -0.330 e. The Balaban J connectivity index is 2.16. The second kappa shape index (κ2) is 2.58. The van der Waals surface area contributed by atoms with E-state index in [9.17, 15) is 9.18 Å². The SMILES string of the molecule is NCC1CC12C(=O)Nc1c(F)cccc12. The lowest BCUT2D eigenvalue weighted by Crippen LogP contribution is -2.23. The Kier molecular flexibility index (Phi) is 1.52. The number of anilines is 1. The Morgan fingerprint density at radius 2 is 2.40 bits per heavy atom. The fourth-order valence-electron chi connectivity index (χ4n) is 2.59. The molecule has 1 fully saturated rings. The van der Waals surface area contributed by atoms with Crippen molar-refractivity contribution in [3.63, 3.8) is 0 Å². The molecule has 3 rings (SSSR count). The molecule has 1 aromatic carbocycles. The summed E-state index contributed by atoms with van der Waals surface area (Å²) in [5.41, 5.74) is 6.18. The highest BCUT2D eigenvalue weighted by atomic mass is 19.1. The Hall–Kier alpha value is -1.42. The molecule has 78 valence electrons. The van der Waals surface area contributed by atoms with Crippen molar-refractivity contribution >= 4 is 11.6 Å². The molecule has 1 aromatic rings. The van der Waals surface area contributed by atoms with Gasteiger partial charge in [-0.15, -0.1) is 0 Å². The van der Waals surface area contributed by atoms with Gasteiger partial charge in [-0.2, -0.15) is 0 Å². The molecule has 15 heavy (non-hydrogen) atoms. The summed E-state index contributed by atoms with van der Waals surface area (Å²) < 4.78 is 13.4. The number of benzene rings is 1. The van der Waals surface area contributed by atoms with E-state index in [1.165, 1.54) is 6.07 Å². The highest BCUT2D eigenvalue weighted by Gasteiger charge is 2.64. The maximum absolute atomic E-state index is 13.4. The summed E-state index contributed by atoms with van der Waals surface area (Å²) in [5, 5.41) is 2.61. The maximum Gasteiger partial charge on any atom is 0.235 e. The van der Waals surface area contributed by atoms with Gasteiger partial charge in [0.05, 0.1) is 11.1 Å². The molecule has 1 aliphatic carbocycles. The van der Waals surface area contributed by atoms with Crippen molar-refractivity contribution in [2.75, 3.05) is 11.9 Å². The molecule has 1 amide bonds. The number of amides is 1. The van der Waals surface area contributed by atoms with Crippen LogP contribution in [0.5, 0.6) is 0 Å². The molecule has 1 spiro atoms. The minimum atomic E-state index is -0.522. The van der Waals surface area contributed by atoms with Gasteiger partial charge in [-0.1, -0.05) is 12.1 Å². The predicted molar refractivity (Wildman–Crippen MR) is 53.9 cm³/mol. The molecule has 3 N–H and O–H groups in total. The molecular weight excluding hydrogens is 195 g/mol. The van der Waals surface area contributed by atoms with Gasteiger partial charge in [-0.25, -0.2) is 4.39 Å². The van der Waals surface area contributed by atoms with Gasteiger partial charge in [0.2, 0.25) is 5.91 Å². The van der Waals surface area contributed by atoms with Crippen LogP contribution in [0.2, 0.25) is 0 Å². The first-order chi connectivity index (χ1) is 7.20. The first-order valence-corrected chi connectivity index (χ1v) is 5.00. The van der Waals surface area contributed by atoms with E-state index < -0.39 is 5.41 Å².